The molecule has 0 aromatic carbocycles. The zero-order chi connectivity index (χ0) is 10.7. The van der Waals surface area contributed by atoms with Gasteiger partial charge in [0.1, 0.15) is 0 Å². The molecule has 0 unspecified atom stereocenters. The van der Waals surface area contributed by atoms with E-state index in [9.17, 15) is 0 Å². The molecule has 0 radical (unpaired) electrons. The summed E-state index contributed by atoms with van der Waals surface area (Å²) in [4.78, 5) is 0. The topological polar surface area (TPSA) is 208 Å². The molecule has 0 aromatic rings. The molecule has 84 valence electrons. The van der Waals surface area contributed by atoms with Crippen LogP contribution in [0.5, 0.6) is 0 Å². The van der Waals surface area contributed by atoms with E-state index in [0.717, 1.165) is 0 Å². The Morgan fingerprint density at radius 1 is 0.429 bits per heavy atom. The third-order valence-corrected chi connectivity index (χ3v) is 0. The van der Waals surface area contributed by atoms with Gasteiger partial charge >= 0.3 is 68.5 Å². The Balaban J connectivity index is -0.0000000270. The fourth-order valence-corrected chi connectivity index (χ4v) is 0. The molecule has 0 N–H and O–H groups in total. The minimum absolute atomic E-state index is 0. The molecule has 0 heterocycles. The zero-order valence-corrected chi connectivity index (χ0v) is 15.1. The molecule has 14 heteroatoms. The van der Waals surface area contributed by atoms with E-state index in [4.69, 9.17) is 37.8 Å². The van der Waals surface area contributed by atoms with E-state index in [0.29, 0.717) is 0 Å². The molecule has 0 spiro atoms. The molecule has 0 fully saturated rings. The van der Waals surface area contributed by atoms with Crippen molar-refractivity contribution >= 4 is 0 Å². The van der Waals surface area contributed by atoms with Gasteiger partial charge in [-0.05, 0) is 0 Å². The monoisotopic (exact) mass is 476 g/mol. The second-order valence-electron chi connectivity index (χ2n) is 0.567. The van der Waals surface area contributed by atoms with E-state index in [-0.39, 0.29) is 68.5 Å². The molecule has 0 aliphatic heterocycles. The van der Waals surface area contributed by atoms with Crippen molar-refractivity contribution in [2.24, 2.45) is 0 Å². The van der Waals surface area contributed by atoms with E-state index >= 15 is 0 Å². The molecule has 0 aliphatic rings. The van der Waals surface area contributed by atoms with E-state index in [1.54, 1.807) is 0 Å². The summed E-state index contributed by atoms with van der Waals surface area (Å²) in [7, 11) is 0. The first kappa shape index (κ1) is 30.3. The van der Waals surface area contributed by atoms with Crippen LogP contribution in [0.3, 0.4) is 0 Å². The predicted molar refractivity (Wildman–Crippen MR) is 0 cm³/mol. The van der Waals surface area contributed by atoms with Crippen molar-refractivity contribution in [2.75, 3.05) is 0 Å². The molecule has 0 aliphatic carbocycles. The van der Waals surface area contributed by atoms with Crippen LogP contribution in [-0.2, 0) is 17.1 Å². The fraction of sp³-hybridized carbons (Fsp3) is 0. The first-order valence-electron chi connectivity index (χ1n) is 1.39. The molecular weight excluding hydrogens is 479 g/mol. The van der Waals surface area contributed by atoms with Gasteiger partial charge in [0.15, 0.2) is 0 Å². The Morgan fingerprint density at radius 2 is 0.429 bits per heavy atom. The van der Waals surface area contributed by atoms with Gasteiger partial charge in [0, 0.05) is 0 Å². The second kappa shape index (κ2) is 25.2. The van der Waals surface area contributed by atoms with Gasteiger partial charge in [-0.15, -0.1) is 0 Å². The Morgan fingerprint density at radius 3 is 0.429 bits per heavy atom. The van der Waals surface area contributed by atoms with E-state index in [1.807, 2.05) is 0 Å². The summed E-state index contributed by atoms with van der Waals surface area (Å²) in [6.45, 7) is 0. The molecule has 14 heavy (non-hydrogen) atoms. The smallest absolute Gasteiger partial charge is 0.405 e. The molecular formula is Br3FeKO9. The molecule has 0 aromatic heterocycles. The molecule has 0 amide bonds. The minimum atomic E-state index is -3.65. The number of hydrogen-bond acceptors (Lipinski definition) is 9. The Kier molecular flexibility index (Phi) is 54.6. The SMILES string of the molecule is [Fe+2].[K+].[O-][Br+2]([O-])[O-].[O-][Br+2]([O-])[O-].[O-][Br+2]([O-])[O-]. The summed E-state index contributed by atoms with van der Waals surface area (Å²) in [6, 6.07) is 0. The van der Waals surface area contributed by atoms with Gasteiger partial charge in [-0.25, -0.2) is 0 Å². The maximum atomic E-state index is 8.52. The summed E-state index contributed by atoms with van der Waals surface area (Å²) in [5, 5.41) is 0. The van der Waals surface area contributed by atoms with Crippen LogP contribution >= 0.6 is 0 Å². The Bertz CT molecular complexity index is 48.5. The normalized spacial score (nSPS) is 7.71. The van der Waals surface area contributed by atoms with Gasteiger partial charge in [0.25, 0.3) is 0 Å². The van der Waals surface area contributed by atoms with Crippen LogP contribution in [0.25, 0.3) is 0 Å². The van der Waals surface area contributed by atoms with Crippen molar-refractivity contribution in [3.8, 4) is 0 Å². The van der Waals surface area contributed by atoms with Crippen molar-refractivity contribution in [1.29, 1.82) is 0 Å². The predicted octanol–water partition coefficient (Wildman–Crippen LogP) is -13.7. The summed E-state index contributed by atoms with van der Waals surface area (Å²) in [5.74, 6) is 0. The van der Waals surface area contributed by atoms with E-state index < -0.39 is 44.4 Å². The molecule has 9 nitrogen and oxygen atoms in total. The van der Waals surface area contributed by atoms with Crippen molar-refractivity contribution < 1.29 is 151 Å². The van der Waals surface area contributed by atoms with Crippen molar-refractivity contribution in [3.05, 3.63) is 0 Å². The van der Waals surface area contributed by atoms with Gasteiger partial charge in [0.05, 0.1) is 0 Å². The maximum absolute atomic E-state index is 8.52. The largest absolute Gasteiger partial charge is 2.00 e. The first-order valence-corrected chi connectivity index (χ1v) is 7.22. The summed E-state index contributed by atoms with van der Waals surface area (Å²) < 4.78 is 76.7. The molecule has 0 saturated carbocycles. The van der Waals surface area contributed by atoms with Gasteiger partial charge in [0.2, 0.25) is 44.4 Å². The number of halogens is 3. The van der Waals surface area contributed by atoms with Crippen LogP contribution in [0.4, 0.5) is 0 Å². The average molecular weight is 479 g/mol. The quantitative estimate of drug-likeness (QED) is 0.302. The zero-order valence-electron chi connectivity index (χ0n) is 6.16. The summed E-state index contributed by atoms with van der Waals surface area (Å²) in [5.41, 5.74) is 0. The Hall–Kier alpha value is 3.24. The van der Waals surface area contributed by atoms with Crippen LogP contribution < -0.4 is 89.2 Å². The maximum Gasteiger partial charge on any atom is 2.00 e. The van der Waals surface area contributed by atoms with E-state index in [2.05, 4.69) is 0 Å². The van der Waals surface area contributed by atoms with Crippen molar-refractivity contribution in [1.82, 2.24) is 0 Å². The third-order valence-electron chi connectivity index (χ3n) is 0. The summed E-state index contributed by atoms with van der Waals surface area (Å²) >= 11 is -10.9. The molecule has 0 saturated heterocycles. The number of rotatable bonds is 0. The molecule has 0 atom stereocenters. The standard InChI is InChI=1S/3BrO3.Fe.K/c3*2-1(3)4;;/q3*-1;+2;+1. The van der Waals surface area contributed by atoms with Gasteiger partial charge < -0.3 is 37.8 Å². The average Bonchev–Trinajstić information content (AvgIpc) is 1.54. The van der Waals surface area contributed by atoms with Crippen LogP contribution in [0.1, 0.15) is 0 Å². The molecule has 0 rings (SSSR count). The van der Waals surface area contributed by atoms with Gasteiger partial charge in [-0.3, -0.25) is 0 Å². The van der Waals surface area contributed by atoms with Crippen LogP contribution in [0.2, 0.25) is 0 Å². The van der Waals surface area contributed by atoms with Gasteiger partial charge in [-0.2, -0.15) is 0 Å². The second-order valence-corrected chi connectivity index (χ2v) is 2.95. The first-order chi connectivity index (χ1) is 5.20. The van der Waals surface area contributed by atoms with Crippen LogP contribution in [0.15, 0.2) is 0 Å². The van der Waals surface area contributed by atoms with Crippen molar-refractivity contribution in [3.63, 3.8) is 0 Å². The van der Waals surface area contributed by atoms with E-state index in [1.165, 1.54) is 0 Å². The minimum Gasteiger partial charge on any atom is -0.405 e. The fourth-order valence-electron chi connectivity index (χ4n) is 0. The number of hydrogen-bond donors (Lipinski definition) is 0. The van der Waals surface area contributed by atoms with Crippen LogP contribution in [0, 0.1) is 44.4 Å². The Labute approximate surface area is 148 Å². The molecule has 0 bridgehead atoms. The summed E-state index contributed by atoms with van der Waals surface area (Å²) in [6.07, 6.45) is 0. The third kappa shape index (κ3) is 295. The van der Waals surface area contributed by atoms with Crippen molar-refractivity contribution in [2.45, 2.75) is 0 Å². The van der Waals surface area contributed by atoms with Crippen LogP contribution in [-0.4, -0.2) is 0 Å². The van der Waals surface area contributed by atoms with Gasteiger partial charge in [-0.1, -0.05) is 0 Å².